The first-order chi connectivity index (χ1) is 10.2. The standard InChI is InChI=1S/C15H14ClN5/c16-15-14(19-11(8-17)12(9-18)20-15)10-4-3-5-13(10)21-6-1-2-7-21/h1-7H2. The maximum Gasteiger partial charge on any atom is 0.178 e. The van der Waals surface area contributed by atoms with Gasteiger partial charge in [-0.15, -0.1) is 0 Å². The normalized spacial score (nSPS) is 18.0. The maximum atomic E-state index is 9.11. The molecule has 3 rings (SSSR count). The predicted octanol–water partition coefficient (Wildman–Crippen LogP) is 2.86. The highest BCUT2D eigenvalue weighted by Crippen LogP contribution is 2.38. The molecule has 1 aromatic rings. The summed E-state index contributed by atoms with van der Waals surface area (Å²) >= 11 is 6.20. The monoisotopic (exact) mass is 299 g/mol. The van der Waals surface area contributed by atoms with Crippen LogP contribution in [0, 0.1) is 22.7 Å². The quantitative estimate of drug-likeness (QED) is 0.839. The van der Waals surface area contributed by atoms with Gasteiger partial charge in [-0.1, -0.05) is 11.6 Å². The van der Waals surface area contributed by atoms with Crippen molar-refractivity contribution in [2.45, 2.75) is 32.1 Å². The van der Waals surface area contributed by atoms with E-state index in [-0.39, 0.29) is 16.5 Å². The molecule has 0 spiro atoms. The SMILES string of the molecule is N#Cc1nc(Cl)c(C2=C(N3CCCC3)CCC2)nc1C#N. The highest BCUT2D eigenvalue weighted by atomic mass is 35.5. The number of hydrogen-bond acceptors (Lipinski definition) is 5. The van der Waals surface area contributed by atoms with Gasteiger partial charge < -0.3 is 4.90 Å². The van der Waals surface area contributed by atoms with Crippen LogP contribution in [-0.2, 0) is 0 Å². The van der Waals surface area contributed by atoms with E-state index in [1.165, 1.54) is 18.5 Å². The highest BCUT2D eigenvalue weighted by Gasteiger charge is 2.26. The molecular weight excluding hydrogens is 286 g/mol. The number of nitriles is 2. The van der Waals surface area contributed by atoms with Crippen molar-refractivity contribution >= 4 is 17.2 Å². The zero-order valence-corrected chi connectivity index (χ0v) is 12.3. The third kappa shape index (κ3) is 2.46. The lowest BCUT2D eigenvalue weighted by Crippen LogP contribution is -2.18. The van der Waals surface area contributed by atoms with Gasteiger partial charge in [-0.25, -0.2) is 9.97 Å². The van der Waals surface area contributed by atoms with Crippen molar-refractivity contribution in [3.8, 4) is 12.1 Å². The van der Waals surface area contributed by atoms with Gasteiger partial charge in [-0.2, -0.15) is 10.5 Å². The van der Waals surface area contributed by atoms with Crippen molar-refractivity contribution in [3.63, 3.8) is 0 Å². The van der Waals surface area contributed by atoms with Gasteiger partial charge in [0.25, 0.3) is 0 Å². The Morgan fingerprint density at radius 3 is 2.29 bits per heavy atom. The molecule has 0 amide bonds. The van der Waals surface area contributed by atoms with Crippen LogP contribution in [0.4, 0.5) is 0 Å². The maximum absolute atomic E-state index is 9.11. The molecule has 0 unspecified atom stereocenters. The Balaban J connectivity index is 2.09. The zero-order chi connectivity index (χ0) is 14.8. The number of halogens is 1. The summed E-state index contributed by atoms with van der Waals surface area (Å²) < 4.78 is 0. The van der Waals surface area contributed by atoms with Crippen molar-refractivity contribution in [1.29, 1.82) is 10.5 Å². The summed E-state index contributed by atoms with van der Waals surface area (Å²) in [7, 11) is 0. The van der Waals surface area contributed by atoms with Gasteiger partial charge in [0.05, 0.1) is 0 Å². The third-order valence-electron chi connectivity index (χ3n) is 4.03. The van der Waals surface area contributed by atoms with E-state index in [2.05, 4.69) is 14.9 Å². The van der Waals surface area contributed by atoms with Crippen molar-refractivity contribution in [1.82, 2.24) is 14.9 Å². The summed E-state index contributed by atoms with van der Waals surface area (Å²) in [4.78, 5) is 10.7. The molecule has 0 saturated carbocycles. The van der Waals surface area contributed by atoms with E-state index >= 15 is 0 Å². The van der Waals surface area contributed by atoms with Gasteiger partial charge in [0.2, 0.25) is 0 Å². The number of nitrogens with zero attached hydrogens (tertiary/aromatic N) is 5. The Bertz CT molecular complexity index is 689. The summed E-state index contributed by atoms with van der Waals surface area (Å²) in [6, 6.07) is 3.80. The molecule has 0 bridgehead atoms. The van der Waals surface area contributed by atoms with E-state index in [1.54, 1.807) is 0 Å². The van der Waals surface area contributed by atoms with Crippen LogP contribution < -0.4 is 0 Å². The molecule has 0 aromatic carbocycles. The van der Waals surface area contributed by atoms with Crippen LogP contribution >= 0.6 is 11.6 Å². The first-order valence-electron chi connectivity index (χ1n) is 7.09. The molecule has 106 valence electrons. The van der Waals surface area contributed by atoms with Crippen molar-refractivity contribution in [3.05, 3.63) is 27.9 Å². The van der Waals surface area contributed by atoms with E-state index < -0.39 is 0 Å². The molecule has 21 heavy (non-hydrogen) atoms. The van der Waals surface area contributed by atoms with Crippen LogP contribution in [0.5, 0.6) is 0 Å². The van der Waals surface area contributed by atoms with Crippen LogP contribution in [0.1, 0.15) is 49.2 Å². The molecule has 1 aromatic heterocycles. The van der Waals surface area contributed by atoms with Gasteiger partial charge in [-0.3, -0.25) is 0 Å². The average molecular weight is 300 g/mol. The lowest BCUT2D eigenvalue weighted by atomic mass is 10.1. The molecular formula is C15H14ClN5. The van der Waals surface area contributed by atoms with Gasteiger partial charge in [0.1, 0.15) is 17.8 Å². The summed E-state index contributed by atoms with van der Waals surface area (Å²) in [6.07, 6.45) is 5.42. The molecule has 1 aliphatic carbocycles. The molecule has 0 atom stereocenters. The van der Waals surface area contributed by atoms with Gasteiger partial charge in [0, 0.05) is 24.4 Å². The van der Waals surface area contributed by atoms with Gasteiger partial charge >= 0.3 is 0 Å². The minimum absolute atomic E-state index is 0.00688. The molecule has 2 heterocycles. The number of likely N-dealkylation sites (tertiary alicyclic amines) is 1. The Labute approximate surface area is 128 Å². The Morgan fingerprint density at radius 1 is 0.952 bits per heavy atom. The summed E-state index contributed by atoms with van der Waals surface area (Å²) in [6.45, 7) is 2.15. The Kier molecular flexibility index (Phi) is 3.77. The first-order valence-corrected chi connectivity index (χ1v) is 7.47. The molecule has 5 nitrogen and oxygen atoms in total. The van der Waals surface area contributed by atoms with E-state index in [1.807, 2.05) is 12.1 Å². The van der Waals surface area contributed by atoms with Gasteiger partial charge in [0.15, 0.2) is 16.5 Å². The van der Waals surface area contributed by atoms with E-state index in [0.29, 0.717) is 5.69 Å². The average Bonchev–Trinajstić information content (AvgIpc) is 3.17. The number of allylic oxidation sites excluding steroid dienone is 2. The van der Waals surface area contributed by atoms with Crippen LogP contribution in [-0.4, -0.2) is 28.0 Å². The summed E-state index contributed by atoms with van der Waals surface area (Å²) in [5, 5.41) is 18.3. The molecule has 1 saturated heterocycles. The lowest BCUT2D eigenvalue weighted by Gasteiger charge is -2.21. The van der Waals surface area contributed by atoms with Crippen LogP contribution in [0.3, 0.4) is 0 Å². The molecule has 6 heteroatoms. The van der Waals surface area contributed by atoms with Crippen LogP contribution in [0.15, 0.2) is 5.70 Å². The van der Waals surface area contributed by atoms with E-state index in [9.17, 15) is 0 Å². The minimum Gasteiger partial charge on any atom is -0.375 e. The molecule has 1 fully saturated rings. The Morgan fingerprint density at radius 2 is 1.62 bits per heavy atom. The fraction of sp³-hybridized carbons (Fsp3) is 0.467. The fourth-order valence-electron chi connectivity index (χ4n) is 3.08. The smallest absolute Gasteiger partial charge is 0.178 e. The molecule has 0 radical (unpaired) electrons. The summed E-state index contributed by atoms with van der Waals surface area (Å²) in [5.41, 5.74) is 3.00. The van der Waals surface area contributed by atoms with Crippen molar-refractivity contribution in [2.75, 3.05) is 13.1 Å². The van der Waals surface area contributed by atoms with Gasteiger partial charge in [-0.05, 0) is 32.1 Å². The zero-order valence-electron chi connectivity index (χ0n) is 11.6. The topological polar surface area (TPSA) is 76.6 Å². The Hall–Kier alpha value is -2.11. The van der Waals surface area contributed by atoms with Crippen molar-refractivity contribution < 1.29 is 0 Å². The number of aromatic nitrogens is 2. The molecule has 1 aliphatic heterocycles. The minimum atomic E-state index is -0.00688. The largest absolute Gasteiger partial charge is 0.375 e. The lowest BCUT2D eigenvalue weighted by molar-refractivity contribution is 0.416. The van der Waals surface area contributed by atoms with Crippen molar-refractivity contribution in [2.24, 2.45) is 0 Å². The summed E-state index contributed by atoms with van der Waals surface area (Å²) in [5.74, 6) is 0. The second-order valence-electron chi connectivity index (χ2n) is 5.26. The number of rotatable bonds is 2. The molecule has 0 N–H and O–H groups in total. The fourth-order valence-corrected chi connectivity index (χ4v) is 3.32. The first kappa shape index (κ1) is 13.9. The second-order valence-corrected chi connectivity index (χ2v) is 5.61. The third-order valence-corrected chi connectivity index (χ3v) is 4.29. The van der Waals surface area contributed by atoms with Crippen LogP contribution in [0.25, 0.3) is 5.57 Å². The second kappa shape index (κ2) is 5.71. The van der Waals surface area contributed by atoms with Crippen LogP contribution in [0.2, 0.25) is 5.15 Å². The highest BCUT2D eigenvalue weighted by molar-refractivity contribution is 6.31. The van der Waals surface area contributed by atoms with E-state index in [0.717, 1.165) is 37.9 Å². The van der Waals surface area contributed by atoms with E-state index in [4.69, 9.17) is 22.1 Å². The number of hydrogen-bond donors (Lipinski definition) is 0. The molecule has 2 aliphatic rings. The predicted molar refractivity (Wildman–Crippen MR) is 78.1 cm³/mol.